The topological polar surface area (TPSA) is 20.2 Å². The molecule has 1 unspecified atom stereocenters. The number of hydrogen-bond donors (Lipinski definition) is 1. The molecule has 0 amide bonds. The normalized spacial score (nSPS) is 14.9. The molecule has 0 radical (unpaired) electrons. The van der Waals surface area contributed by atoms with Crippen LogP contribution in [0.1, 0.15) is 45.6 Å². The molecule has 1 rings (SSSR count). The highest BCUT2D eigenvalue weighted by Gasteiger charge is 2.24. The summed E-state index contributed by atoms with van der Waals surface area (Å²) in [4.78, 5) is 0. The molecule has 0 spiro atoms. The molecule has 17 heavy (non-hydrogen) atoms. The van der Waals surface area contributed by atoms with Gasteiger partial charge in [-0.2, -0.15) is 0 Å². The van der Waals surface area contributed by atoms with Crippen molar-refractivity contribution in [1.82, 2.24) is 0 Å². The second kappa shape index (κ2) is 6.15. The van der Waals surface area contributed by atoms with Crippen LogP contribution in [0.4, 0.5) is 4.39 Å². The lowest BCUT2D eigenvalue weighted by atomic mass is 9.84. The maximum absolute atomic E-state index is 12.8. The van der Waals surface area contributed by atoms with Crippen LogP contribution < -0.4 is 0 Å². The lowest BCUT2D eigenvalue weighted by molar-refractivity contribution is 0.0326. The van der Waals surface area contributed by atoms with Gasteiger partial charge in [0.15, 0.2) is 0 Å². The van der Waals surface area contributed by atoms with E-state index in [-0.39, 0.29) is 5.82 Å². The molecule has 1 N–H and O–H groups in total. The predicted octanol–water partition coefficient (Wildman–Crippen LogP) is 3.95. The highest BCUT2D eigenvalue weighted by atomic mass is 19.1. The van der Waals surface area contributed by atoms with E-state index in [2.05, 4.69) is 13.8 Å². The molecule has 0 fully saturated rings. The van der Waals surface area contributed by atoms with Crippen molar-refractivity contribution in [3.8, 4) is 0 Å². The third-order valence-corrected chi connectivity index (χ3v) is 3.38. The fourth-order valence-electron chi connectivity index (χ4n) is 2.31. The summed E-state index contributed by atoms with van der Waals surface area (Å²) in [5.41, 5.74) is 0.288. The molecular weight excluding hydrogens is 215 g/mol. The van der Waals surface area contributed by atoms with Crippen molar-refractivity contribution in [2.45, 2.75) is 52.1 Å². The summed E-state index contributed by atoms with van der Waals surface area (Å²) in [7, 11) is 0. The standard InChI is InChI=1S/C15H23FO/c1-4-12(5-2)10-15(3,17)11-13-6-8-14(16)9-7-13/h6-9,12,17H,4-5,10-11H2,1-3H3. The quantitative estimate of drug-likeness (QED) is 0.795. The Morgan fingerprint density at radius 1 is 1.18 bits per heavy atom. The Balaban J connectivity index is 2.62. The Morgan fingerprint density at radius 3 is 2.18 bits per heavy atom. The van der Waals surface area contributed by atoms with Crippen LogP contribution in [0.3, 0.4) is 0 Å². The van der Waals surface area contributed by atoms with Crippen LogP contribution in [0, 0.1) is 11.7 Å². The fourth-order valence-corrected chi connectivity index (χ4v) is 2.31. The molecule has 1 atom stereocenters. The van der Waals surface area contributed by atoms with E-state index in [1.165, 1.54) is 12.1 Å². The first-order valence-corrected chi connectivity index (χ1v) is 6.43. The van der Waals surface area contributed by atoms with Crippen molar-refractivity contribution in [3.63, 3.8) is 0 Å². The zero-order valence-corrected chi connectivity index (χ0v) is 11.0. The van der Waals surface area contributed by atoms with Gasteiger partial charge in [-0.3, -0.25) is 0 Å². The number of benzene rings is 1. The molecule has 96 valence electrons. The smallest absolute Gasteiger partial charge is 0.123 e. The zero-order chi connectivity index (χ0) is 12.9. The molecule has 0 bridgehead atoms. The maximum atomic E-state index is 12.8. The monoisotopic (exact) mass is 238 g/mol. The fraction of sp³-hybridized carbons (Fsp3) is 0.600. The van der Waals surface area contributed by atoms with Gasteiger partial charge in [-0.15, -0.1) is 0 Å². The molecule has 1 aromatic carbocycles. The minimum Gasteiger partial charge on any atom is -0.390 e. The van der Waals surface area contributed by atoms with Gasteiger partial charge in [0.25, 0.3) is 0 Å². The average Bonchev–Trinajstić information content (AvgIpc) is 2.29. The Kier molecular flexibility index (Phi) is 5.13. The van der Waals surface area contributed by atoms with Gasteiger partial charge in [0.2, 0.25) is 0 Å². The first kappa shape index (κ1) is 14.2. The summed E-state index contributed by atoms with van der Waals surface area (Å²) in [6, 6.07) is 6.39. The molecular formula is C15H23FO. The number of rotatable bonds is 6. The van der Waals surface area contributed by atoms with Gasteiger partial charge in [0, 0.05) is 6.42 Å². The van der Waals surface area contributed by atoms with E-state index in [1.807, 2.05) is 6.92 Å². The SMILES string of the molecule is CCC(CC)CC(C)(O)Cc1ccc(F)cc1. The van der Waals surface area contributed by atoms with E-state index >= 15 is 0 Å². The molecule has 0 saturated carbocycles. The Bertz CT molecular complexity index is 325. The summed E-state index contributed by atoms with van der Waals surface area (Å²) in [5, 5.41) is 10.4. The number of hydrogen-bond acceptors (Lipinski definition) is 1. The zero-order valence-electron chi connectivity index (χ0n) is 11.0. The molecule has 2 heteroatoms. The number of aliphatic hydroxyl groups is 1. The van der Waals surface area contributed by atoms with E-state index in [9.17, 15) is 9.50 Å². The second-order valence-electron chi connectivity index (χ2n) is 5.19. The van der Waals surface area contributed by atoms with Gasteiger partial charge in [-0.05, 0) is 37.0 Å². The third-order valence-electron chi connectivity index (χ3n) is 3.38. The molecule has 0 aromatic heterocycles. The van der Waals surface area contributed by atoms with E-state index in [0.717, 1.165) is 24.8 Å². The highest BCUT2D eigenvalue weighted by molar-refractivity contribution is 5.18. The van der Waals surface area contributed by atoms with E-state index in [0.29, 0.717) is 12.3 Å². The van der Waals surface area contributed by atoms with Gasteiger partial charge < -0.3 is 5.11 Å². The van der Waals surface area contributed by atoms with Gasteiger partial charge >= 0.3 is 0 Å². The summed E-state index contributed by atoms with van der Waals surface area (Å²) in [6.45, 7) is 6.18. The average molecular weight is 238 g/mol. The Labute approximate surface area is 104 Å². The van der Waals surface area contributed by atoms with Crippen LogP contribution in [0.5, 0.6) is 0 Å². The predicted molar refractivity (Wildman–Crippen MR) is 69.4 cm³/mol. The minimum atomic E-state index is -0.700. The molecule has 0 aliphatic carbocycles. The van der Waals surface area contributed by atoms with Crippen molar-refractivity contribution in [1.29, 1.82) is 0 Å². The Morgan fingerprint density at radius 2 is 1.71 bits per heavy atom. The largest absolute Gasteiger partial charge is 0.390 e. The van der Waals surface area contributed by atoms with Crippen LogP contribution in [0.25, 0.3) is 0 Å². The van der Waals surface area contributed by atoms with Crippen molar-refractivity contribution in [3.05, 3.63) is 35.6 Å². The van der Waals surface area contributed by atoms with Crippen molar-refractivity contribution < 1.29 is 9.50 Å². The van der Waals surface area contributed by atoms with E-state index in [4.69, 9.17) is 0 Å². The van der Waals surface area contributed by atoms with Gasteiger partial charge in [0.1, 0.15) is 5.82 Å². The first-order chi connectivity index (χ1) is 7.96. The summed E-state index contributed by atoms with van der Waals surface area (Å²) in [5.74, 6) is 0.332. The van der Waals surface area contributed by atoms with Crippen LogP contribution in [-0.4, -0.2) is 10.7 Å². The maximum Gasteiger partial charge on any atom is 0.123 e. The van der Waals surface area contributed by atoms with Crippen LogP contribution >= 0.6 is 0 Å². The highest BCUT2D eigenvalue weighted by Crippen LogP contribution is 2.25. The van der Waals surface area contributed by atoms with Gasteiger partial charge in [-0.1, -0.05) is 38.8 Å². The molecule has 0 aliphatic heterocycles. The molecule has 1 aromatic rings. The molecule has 0 aliphatic rings. The van der Waals surface area contributed by atoms with Crippen LogP contribution in [0.2, 0.25) is 0 Å². The van der Waals surface area contributed by atoms with Crippen LogP contribution in [0.15, 0.2) is 24.3 Å². The Hall–Kier alpha value is -0.890. The molecule has 0 heterocycles. The lowest BCUT2D eigenvalue weighted by Gasteiger charge is -2.27. The van der Waals surface area contributed by atoms with Gasteiger partial charge in [0.05, 0.1) is 5.60 Å². The summed E-state index contributed by atoms with van der Waals surface area (Å²) >= 11 is 0. The van der Waals surface area contributed by atoms with Gasteiger partial charge in [-0.25, -0.2) is 4.39 Å². The first-order valence-electron chi connectivity index (χ1n) is 6.43. The molecule has 0 saturated heterocycles. The van der Waals surface area contributed by atoms with Crippen molar-refractivity contribution >= 4 is 0 Å². The minimum absolute atomic E-state index is 0.228. The van der Waals surface area contributed by atoms with Crippen LogP contribution in [-0.2, 0) is 6.42 Å². The van der Waals surface area contributed by atoms with E-state index < -0.39 is 5.60 Å². The van der Waals surface area contributed by atoms with Crippen molar-refractivity contribution in [2.24, 2.45) is 5.92 Å². The lowest BCUT2D eigenvalue weighted by Crippen LogP contribution is -2.30. The van der Waals surface area contributed by atoms with E-state index in [1.54, 1.807) is 12.1 Å². The third kappa shape index (κ3) is 4.86. The molecule has 1 nitrogen and oxygen atoms in total. The van der Waals surface area contributed by atoms with Crippen molar-refractivity contribution in [2.75, 3.05) is 0 Å². The summed E-state index contributed by atoms with van der Waals surface area (Å²) < 4.78 is 12.8. The summed E-state index contributed by atoms with van der Waals surface area (Å²) in [6.07, 6.45) is 3.58. The number of halogens is 1. The second-order valence-corrected chi connectivity index (χ2v) is 5.19.